The fraction of sp³-hybridized carbons (Fsp3) is 0.446. The van der Waals surface area contributed by atoms with Crippen LogP contribution < -0.4 is 62.0 Å². The summed E-state index contributed by atoms with van der Waals surface area (Å²) in [6, 6.07) is 31.2. The van der Waals surface area contributed by atoms with Crippen molar-refractivity contribution in [3.8, 4) is 22.3 Å². The van der Waals surface area contributed by atoms with E-state index in [0.29, 0.717) is 189 Å². The molecule has 778 valence electrons. The Bertz CT molecular complexity index is 7380. The quantitative estimate of drug-likeness (QED) is 0.0515. The molecule has 3 atom stereocenters. The molecule has 21 heterocycles. The van der Waals surface area contributed by atoms with Crippen molar-refractivity contribution in [2.75, 3.05) is 164 Å². The highest BCUT2D eigenvalue weighted by Gasteiger charge is 2.44. The number of halogens is 1. The fourth-order valence-corrected chi connectivity index (χ4v) is 24.0. The van der Waals surface area contributed by atoms with Crippen LogP contribution in [-0.2, 0) is 100 Å². The molecule has 0 unspecified atom stereocenters. The third kappa shape index (κ3) is 20.0. The zero-order chi connectivity index (χ0) is 104. The lowest BCUT2D eigenvalue weighted by molar-refractivity contribution is -0.0691. The van der Waals surface area contributed by atoms with Crippen LogP contribution in [0.5, 0.6) is 0 Å². The Balaban J connectivity index is 0.000000122. The second-order valence-electron chi connectivity index (χ2n) is 44.3. The molecule has 0 radical (unpaired) electrons. The smallest absolute Gasteiger partial charge is 0.276 e. The van der Waals surface area contributed by atoms with Gasteiger partial charge in [0.1, 0.15) is 69.1 Å². The summed E-state index contributed by atoms with van der Waals surface area (Å²) in [6.07, 6.45) is 22.8. The number of nitrogens with zero attached hydrogens (tertiary/aromatic N) is 21. The number of ether oxygens (including phenoxy) is 3. The van der Waals surface area contributed by atoms with Gasteiger partial charge in [-0.15, -0.1) is 0 Å². The maximum Gasteiger partial charge on any atom is 0.276 e. The van der Waals surface area contributed by atoms with Crippen molar-refractivity contribution in [3.05, 3.63) is 256 Å². The number of piperazine rings is 3. The van der Waals surface area contributed by atoms with Crippen molar-refractivity contribution in [3.63, 3.8) is 0 Å². The third-order valence-corrected chi connectivity index (χ3v) is 32.0. The minimum Gasteiger partial charge on any atom is -0.392 e. The number of rotatable bonds is 20. The number of nitrogens with one attached hydrogen (secondary N) is 3. The third-order valence-electron chi connectivity index (χ3n) is 31.7. The average Bonchev–Trinajstić information content (AvgIpc) is 1.48. The van der Waals surface area contributed by atoms with E-state index >= 15 is 0 Å². The molecule has 12 aromatic rings. The summed E-state index contributed by atoms with van der Waals surface area (Å²) in [4.78, 5) is 150. The fourth-order valence-electron chi connectivity index (χ4n) is 23.9. The lowest BCUT2D eigenvalue weighted by Crippen LogP contribution is -2.59. The van der Waals surface area contributed by atoms with E-state index < -0.39 is 0 Å². The number of hydrogen-bond acceptors (Lipinski definition) is 27. The van der Waals surface area contributed by atoms with Crippen LogP contribution in [0.15, 0.2) is 161 Å². The van der Waals surface area contributed by atoms with Crippen LogP contribution >= 0.6 is 11.6 Å². The standard InChI is InChI=1S/C37H44N8O4.C37H42N8O4.C20H27N5O2.C18H18ClN3O2/c2*1-23-18-42(27-21-49-22-27)9-10-43(23)26-5-6-33(39-17-26)40-30-13-25(19-41(4)35(30)47)28-7-8-38-34(29(28)20-46)45-12-11-44-31(36(45)48)14-24-15-37(2,3)16-32(24)44;1-14-8-18(20(26)23(3)10-14)22-19-5-4-16(9-21-19)25-7-6-24(11-15(25)2)17-12-27-13-17;1-18(2)8-11-7-14-17(24)22(6-5-21(14)15(11)9-18)16-12(10-23)13(19)3-4-20-16/h5-8,13-14,17,19,23,27,46H,9-12,15-16,18,20-22H2,1-4H3,(H,39,40);5-8,13-14,17,19-20,23,27H,9-12,15-16,18,21-22H2,1-4H3,(H,39,40);4-5,8-10,15,17H,6-7,11-13H2,1-3H3,(H,21,22);3-4,7,10H,5-6,8-9H2,1-2H3/t2*23-;15-;/m000./s1. The second-order valence-corrected chi connectivity index (χ2v) is 44.7. The molecule has 36 nitrogen and oxygen atoms in total. The summed E-state index contributed by atoms with van der Waals surface area (Å²) in [5, 5.41) is 20.6. The van der Waals surface area contributed by atoms with E-state index in [0.717, 1.165) is 166 Å². The van der Waals surface area contributed by atoms with Crippen molar-refractivity contribution >= 4 is 111 Å². The normalized spacial score (nSPS) is 20.4. The van der Waals surface area contributed by atoms with Crippen molar-refractivity contribution in [2.45, 2.75) is 170 Å². The van der Waals surface area contributed by atoms with Crippen LogP contribution in [0.3, 0.4) is 0 Å². The largest absolute Gasteiger partial charge is 0.392 e. The predicted octanol–water partition coefficient (Wildman–Crippen LogP) is 12.3. The predicted molar refractivity (Wildman–Crippen MR) is 576 cm³/mol. The molecule has 9 aliphatic heterocycles. The molecule has 3 aliphatic carbocycles. The Morgan fingerprint density at radius 2 is 0.745 bits per heavy atom. The maximum absolute atomic E-state index is 13.9. The van der Waals surface area contributed by atoms with Crippen LogP contribution in [0, 0.1) is 23.2 Å². The average molecular weight is 2040 g/mol. The lowest BCUT2D eigenvalue weighted by Gasteiger charge is -2.46. The molecular weight excluding hydrogens is 1910 g/mol. The van der Waals surface area contributed by atoms with Crippen molar-refractivity contribution in [2.24, 2.45) is 37.4 Å². The number of aromatic nitrogens is 12. The minimum absolute atomic E-state index is 0.0591. The first-order valence-corrected chi connectivity index (χ1v) is 52.3. The van der Waals surface area contributed by atoms with E-state index in [1.165, 1.54) is 49.1 Å². The molecule has 12 aliphatic rings. The number of carbonyl (C=O) groups excluding carboxylic acids is 5. The zero-order valence-electron chi connectivity index (χ0n) is 87.0. The second kappa shape index (κ2) is 40.9. The Morgan fingerprint density at radius 1 is 0.403 bits per heavy atom. The molecule has 0 saturated carbocycles. The highest BCUT2D eigenvalue weighted by atomic mass is 35.5. The number of aliphatic hydroxyl groups excluding tert-OH is 1. The first-order valence-electron chi connectivity index (χ1n) is 51.9. The van der Waals surface area contributed by atoms with Crippen LogP contribution in [0.4, 0.5) is 69.0 Å². The zero-order valence-corrected chi connectivity index (χ0v) is 87.7. The minimum atomic E-state index is -0.316. The number of fused-ring (bicyclic) bond motifs is 9. The lowest BCUT2D eigenvalue weighted by atomic mass is 9.90. The Kier molecular flexibility index (Phi) is 27.7. The van der Waals surface area contributed by atoms with Crippen LogP contribution in [0.25, 0.3) is 22.3 Å². The first-order chi connectivity index (χ1) is 71.6. The molecule has 0 bridgehead atoms. The van der Waals surface area contributed by atoms with Crippen LogP contribution in [-0.4, -0.2) is 262 Å². The maximum atomic E-state index is 13.9. The highest BCUT2D eigenvalue weighted by molar-refractivity contribution is 6.33. The molecule has 4 N–H and O–H groups in total. The van der Waals surface area contributed by atoms with Gasteiger partial charge in [0.25, 0.3) is 34.4 Å². The summed E-state index contributed by atoms with van der Waals surface area (Å²) in [7, 11) is 5.14. The van der Waals surface area contributed by atoms with Crippen molar-refractivity contribution in [1.82, 2.24) is 72.0 Å². The summed E-state index contributed by atoms with van der Waals surface area (Å²) < 4.78 is 27.1. The number of amides is 3. The molecule has 0 aromatic carbocycles. The van der Waals surface area contributed by atoms with Crippen molar-refractivity contribution in [1.29, 1.82) is 0 Å². The van der Waals surface area contributed by atoms with E-state index in [-0.39, 0.29) is 62.8 Å². The van der Waals surface area contributed by atoms with Gasteiger partial charge in [-0.2, -0.15) is 0 Å². The number of pyridine rings is 9. The van der Waals surface area contributed by atoms with Gasteiger partial charge in [0.05, 0.1) is 116 Å². The van der Waals surface area contributed by atoms with Gasteiger partial charge in [-0.1, -0.05) is 53.1 Å². The molecule has 12 aromatic heterocycles. The van der Waals surface area contributed by atoms with Gasteiger partial charge in [0.15, 0.2) is 12.6 Å². The molecule has 37 heteroatoms. The molecule has 6 fully saturated rings. The highest BCUT2D eigenvalue weighted by Crippen LogP contribution is 2.46. The molecule has 0 spiro atoms. The number of aryl methyl sites for hydroxylation is 4. The first kappa shape index (κ1) is 101. The number of hydrogen-bond donors (Lipinski definition) is 4. The van der Waals surface area contributed by atoms with E-state index in [2.05, 4.69) is 157 Å². The van der Waals surface area contributed by atoms with Gasteiger partial charge < -0.3 is 77.4 Å². The Labute approximate surface area is 870 Å². The number of anilines is 12. The molecule has 24 rings (SSSR count). The Hall–Kier alpha value is -13.9. The molecule has 149 heavy (non-hydrogen) atoms. The van der Waals surface area contributed by atoms with E-state index in [1.807, 2.05) is 92.4 Å². The SMILES string of the molecule is CC1(C)Cc2cc3n(c2C1)CCN(c1nccc(Cl)c1C=O)C3=O.C[C@H]1CN(C2COC2)CCN1c1ccc(Nc2cc(-c3ccnc(N4CCn5c(cc6c5CC(C)(C)C6)C4=O)c3C=O)cn(C)c2=O)nc1.C[C@H]1CN(C2COC2)CCN1c1ccc(Nc2cc(-c3ccnc(N4CCn5c(cc6c5CC(C)(C)C6)C4=O)c3CO)cn(C)c2=O)nc1.Cc1cc(Nc2ccc(N3CCN(C4COC4)C[C@@H]3C)cn2)c(=O)n(C)c1. The summed E-state index contributed by atoms with van der Waals surface area (Å²) in [5.41, 5.74) is 18.9. The molecular formula is C112H131ClN24O12. The topological polar surface area (TPSA) is 357 Å². The summed E-state index contributed by atoms with van der Waals surface area (Å²) in [6.45, 7) is 39.2. The van der Waals surface area contributed by atoms with Crippen molar-refractivity contribution < 1.29 is 43.3 Å². The van der Waals surface area contributed by atoms with E-state index in [4.69, 9.17) is 25.8 Å². The molecule has 3 amide bonds. The van der Waals surface area contributed by atoms with Gasteiger partial charge in [-0.3, -0.25) is 67.8 Å². The molecule has 6 saturated heterocycles. The van der Waals surface area contributed by atoms with E-state index in [1.54, 1.807) is 89.5 Å². The van der Waals surface area contributed by atoms with Gasteiger partial charge in [-0.05, 0) is 207 Å². The van der Waals surface area contributed by atoms with E-state index in [9.17, 15) is 43.5 Å². The van der Waals surface area contributed by atoms with Gasteiger partial charge in [-0.25, -0.2) is 29.9 Å². The monoisotopic (exact) mass is 2040 g/mol. The van der Waals surface area contributed by atoms with Gasteiger partial charge in [0.2, 0.25) is 0 Å². The Morgan fingerprint density at radius 3 is 1.09 bits per heavy atom. The summed E-state index contributed by atoms with van der Waals surface area (Å²) >= 11 is 6.07. The number of aliphatic hydroxyl groups is 1. The van der Waals surface area contributed by atoms with Crippen LogP contribution in [0.1, 0.15) is 159 Å². The number of aldehydes is 2. The van der Waals surface area contributed by atoms with Crippen LogP contribution in [0.2, 0.25) is 5.02 Å². The van der Waals surface area contributed by atoms with Gasteiger partial charge >= 0.3 is 0 Å². The van der Waals surface area contributed by atoms with Gasteiger partial charge in [0, 0.05) is 208 Å². The summed E-state index contributed by atoms with van der Waals surface area (Å²) in [5.74, 6) is 2.50. The number of carbonyl (C=O) groups is 5.